The van der Waals surface area contributed by atoms with Crippen LogP contribution in [-0.2, 0) is 36.8 Å². The fourth-order valence-corrected chi connectivity index (χ4v) is 8.43. The van der Waals surface area contributed by atoms with E-state index in [1.54, 1.807) is 24.5 Å². The lowest BCUT2D eigenvalue weighted by Crippen LogP contribution is -2.26. The number of amides is 4. The maximum atomic E-state index is 13.9. The van der Waals surface area contributed by atoms with E-state index in [0.29, 0.717) is 55.5 Å². The second-order valence-electron chi connectivity index (χ2n) is 16.2. The van der Waals surface area contributed by atoms with Crippen LogP contribution in [0.4, 0.5) is 11.9 Å². The van der Waals surface area contributed by atoms with Crippen LogP contribution in [-0.4, -0.2) is 65.6 Å². The Hall–Kier alpha value is -6.82. The molecule has 0 aliphatic carbocycles. The lowest BCUT2D eigenvalue weighted by atomic mass is 9.89. The van der Waals surface area contributed by atoms with E-state index in [1.165, 1.54) is 11.1 Å². The number of aromatic nitrogens is 4. The number of likely N-dealkylation sites (tertiary alicyclic amines) is 2. The SMILES string of the molecule is Cc1ccc(-c2cnc(NC(=O)c3cccc(CN4CCC(c5cc(C)c(-c6cnc(NC(=O)c7cccc(CN8CCCC8=O)c7)n6C)cc5C)C4=O)c3)n2C)cc1C. The van der Waals surface area contributed by atoms with Gasteiger partial charge in [0.15, 0.2) is 0 Å². The molecule has 306 valence electrons. The van der Waals surface area contributed by atoms with E-state index in [1.807, 2.05) is 83.3 Å². The molecule has 2 aliphatic rings. The van der Waals surface area contributed by atoms with Crippen molar-refractivity contribution in [3.63, 3.8) is 0 Å². The average Bonchev–Trinajstić information content (AvgIpc) is 4.01. The minimum atomic E-state index is -0.278. The number of benzene rings is 4. The number of carbonyl (C=O) groups is 4. The highest BCUT2D eigenvalue weighted by Crippen LogP contribution is 2.36. The van der Waals surface area contributed by atoms with E-state index in [-0.39, 0.29) is 29.5 Å². The van der Waals surface area contributed by atoms with Gasteiger partial charge in [-0.3, -0.25) is 29.8 Å². The summed E-state index contributed by atoms with van der Waals surface area (Å²) >= 11 is 0. The molecule has 60 heavy (non-hydrogen) atoms. The molecule has 6 aromatic rings. The highest BCUT2D eigenvalue weighted by Gasteiger charge is 2.34. The van der Waals surface area contributed by atoms with Crippen LogP contribution in [0.5, 0.6) is 0 Å². The molecule has 12 nitrogen and oxygen atoms in total. The number of aryl methyl sites for hydroxylation is 4. The van der Waals surface area contributed by atoms with E-state index in [0.717, 1.165) is 63.3 Å². The molecule has 12 heteroatoms. The fourth-order valence-electron chi connectivity index (χ4n) is 8.43. The number of imidazole rings is 2. The number of rotatable bonds is 11. The Labute approximate surface area is 350 Å². The normalized spacial score (nSPS) is 15.3. The smallest absolute Gasteiger partial charge is 0.257 e. The number of anilines is 2. The Bertz CT molecular complexity index is 2670. The minimum absolute atomic E-state index is 0.0635. The summed E-state index contributed by atoms with van der Waals surface area (Å²) in [5, 5.41) is 5.91. The standard InChI is InChI=1S/C48H50N8O4/c1-29-15-16-35(20-30(29)2)41-25-49-47(53(41)5)51-44(58)37-13-8-11-34(24-37)28-56-19-17-38(46(56)60)39-21-32(4)40(22-31(39)3)42-26-50-48(54(42)6)52-45(59)36-12-7-10-33(23-36)27-55-18-9-14-43(55)57/h7-8,10-13,15-16,20-26,38H,9,14,17-19,27-28H2,1-6H3,(H,49,51,58)(H,50,52,59). The number of nitrogens with zero attached hydrogens (tertiary/aromatic N) is 6. The van der Waals surface area contributed by atoms with Gasteiger partial charge in [-0.1, -0.05) is 42.5 Å². The van der Waals surface area contributed by atoms with Gasteiger partial charge in [0.2, 0.25) is 23.7 Å². The zero-order valence-corrected chi connectivity index (χ0v) is 35.0. The molecule has 8 rings (SSSR count). The van der Waals surface area contributed by atoms with Crippen molar-refractivity contribution in [2.75, 3.05) is 23.7 Å². The van der Waals surface area contributed by atoms with Gasteiger partial charge in [0.05, 0.1) is 29.7 Å². The third-order valence-corrected chi connectivity index (χ3v) is 12.1. The van der Waals surface area contributed by atoms with Crippen LogP contribution >= 0.6 is 0 Å². The molecule has 2 fully saturated rings. The number of nitrogens with one attached hydrogen (secondary N) is 2. The molecule has 2 aromatic heterocycles. The Balaban J connectivity index is 0.911. The van der Waals surface area contributed by atoms with Gasteiger partial charge in [0.1, 0.15) is 0 Å². The first-order valence-corrected chi connectivity index (χ1v) is 20.4. The van der Waals surface area contributed by atoms with E-state index in [9.17, 15) is 19.2 Å². The summed E-state index contributed by atoms with van der Waals surface area (Å²) in [7, 11) is 3.76. The second-order valence-corrected chi connectivity index (χ2v) is 16.2. The molecule has 0 radical (unpaired) electrons. The third kappa shape index (κ3) is 7.97. The van der Waals surface area contributed by atoms with Gasteiger partial charge in [0, 0.05) is 68.9 Å². The maximum Gasteiger partial charge on any atom is 0.257 e. The molecule has 0 spiro atoms. The number of hydrogen-bond donors (Lipinski definition) is 2. The van der Waals surface area contributed by atoms with Crippen molar-refractivity contribution in [2.45, 2.75) is 66.0 Å². The molecule has 4 heterocycles. The third-order valence-electron chi connectivity index (χ3n) is 12.1. The van der Waals surface area contributed by atoms with Crippen LogP contribution in [0.1, 0.15) is 84.8 Å². The summed E-state index contributed by atoms with van der Waals surface area (Å²) in [6.45, 7) is 10.5. The molecular formula is C48H50N8O4. The van der Waals surface area contributed by atoms with E-state index < -0.39 is 0 Å². The monoisotopic (exact) mass is 802 g/mol. The fraction of sp³-hybridized carbons (Fsp3) is 0.292. The summed E-state index contributed by atoms with van der Waals surface area (Å²) < 4.78 is 3.74. The van der Waals surface area contributed by atoms with Gasteiger partial charge >= 0.3 is 0 Å². The Morgan fingerprint density at radius 1 is 0.667 bits per heavy atom. The molecule has 2 N–H and O–H groups in total. The van der Waals surface area contributed by atoms with E-state index in [2.05, 4.69) is 64.8 Å². The highest BCUT2D eigenvalue weighted by atomic mass is 16.2. The van der Waals surface area contributed by atoms with Crippen molar-refractivity contribution in [3.05, 3.63) is 141 Å². The quantitative estimate of drug-likeness (QED) is 0.137. The van der Waals surface area contributed by atoms with Gasteiger partial charge < -0.3 is 18.9 Å². The van der Waals surface area contributed by atoms with Crippen molar-refractivity contribution in [1.29, 1.82) is 0 Å². The van der Waals surface area contributed by atoms with Gasteiger partial charge in [0.25, 0.3) is 11.8 Å². The van der Waals surface area contributed by atoms with Crippen LogP contribution in [0.15, 0.2) is 91.3 Å². The van der Waals surface area contributed by atoms with Crippen LogP contribution in [0.2, 0.25) is 0 Å². The van der Waals surface area contributed by atoms with Crippen molar-refractivity contribution in [3.8, 4) is 22.5 Å². The molecule has 0 saturated carbocycles. The van der Waals surface area contributed by atoms with Crippen molar-refractivity contribution < 1.29 is 19.2 Å². The highest BCUT2D eigenvalue weighted by molar-refractivity contribution is 6.04. The number of hydrogen-bond acceptors (Lipinski definition) is 6. The number of carbonyl (C=O) groups excluding carboxylic acids is 4. The molecule has 2 aliphatic heterocycles. The van der Waals surface area contributed by atoms with Crippen LogP contribution in [0, 0.1) is 27.7 Å². The first-order valence-electron chi connectivity index (χ1n) is 20.4. The van der Waals surface area contributed by atoms with Crippen molar-refractivity contribution in [2.24, 2.45) is 14.1 Å². The zero-order valence-electron chi connectivity index (χ0n) is 35.0. The van der Waals surface area contributed by atoms with Crippen LogP contribution in [0.25, 0.3) is 22.5 Å². The van der Waals surface area contributed by atoms with Gasteiger partial charge in [-0.05, 0) is 116 Å². The molecule has 1 unspecified atom stereocenters. The summed E-state index contributed by atoms with van der Waals surface area (Å²) in [6.07, 6.45) is 5.65. The topological polar surface area (TPSA) is 134 Å². The largest absolute Gasteiger partial charge is 0.338 e. The van der Waals surface area contributed by atoms with Gasteiger partial charge in [-0.2, -0.15) is 0 Å². The Morgan fingerprint density at radius 3 is 1.90 bits per heavy atom. The second kappa shape index (κ2) is 16.4. The summed E-state index contributed by atoms with van der Waals surface area (Å²) in [5.74, 6) is 0.253. The molecule has 2 saturated heterocycles. The zero-order chi connectivity index (χ0) is 42.2. The average molecular weight is 803 g/mol. The summed E-state index contributed by atoms with van der Waals surface area (Å²) in [6, 6.07) is 25.2. The Kier molecular flexibility index (Phi) is 11.0. The predicted octanol–water partition coefficient (Wildman–Crippen LogP) is 7.86. The molecular weight excluding hydrogens is 753 g/mol. The first kappa shape index (κ1) is 40.0. The maximum absolute atomic E-state index is 13.9. The molecule has 4 amide bonds. The predicted molar refractivity (Wildman–Crippen MR) is 232 cm³/mol. The lowest BCUT2D eigenvalue weighted by molar-refractivity contribution is -0.129. The van der Waals surface area contributed by atoms with Crippen molar-refractivity contribution in [1.82, 2.24) is 28.9 Å². The van der Waals surface area contributed by atoms with Crippen LogP contribution < -0.4 is 10.6 Å². The summed E-state index contributed by atoms with van der Waals surface area (Å²) in [5.41, 5.74) is 11.9. The molecule has 1 atom stereocenters. The van der Waals surface area contributed by atoms with Crippen molar-refractivity contribution >= 4 is 35.5 Å². The summed E-state index contributed by atoms with van der Waals surface area (Å²) in [4.78, 5) is 65.6. The van der Waals surface area contributed by atoms with Gasteiger partial charge in [-0.25, -0.2) is 9.97 Å². The Morgan fingerprint density at radius 2 is 1.28 bits per heavy atom. The van der Waals surface area contributed by atoms with E-state index >= 15 is 0 Å². The lowest BCUT2D eigenvalue weighted by Gasteiger charge is -2.19. The first-order chi connectivity index (χ1) is 28.8. The van der Waals surface area contributed by atoms with Gasteiger partial charge in [-0.15, -0.1) is 0 Å². The minimum Gasteiger partial charge on any atom is -0.338 e. The molecule has 0 bridgehead atoms. The molecule has 4 aromatic carbocycles. The van der Waals surface area contributed by atoms with Crippen LogP contribution in [0.3, 0.4) is 0 Å². The van der Waals surface area contributed by atoms with E-state index in [4.69, 9.17) is 0 Å².